The van der Waals surface area contributed by atoms with E-state index in [0.29, 0.717) is 23.7 Å². The smallest absolute Gasteiger partial charge is 0.231 e. The summed E-state index contributed by atoms with van der Waals surface area (Å²) >= 11 is 1.58. The van der Waals surface area contributed by atoms with Gasteiger partial charge in [0.25, 0.3) is 0 Å². The Bertz CT molecular complexity index is 835. The number of ether oxygens (including phenoxy) is 2. The topological polar surface area (TPSA) is 82.3 Å². The van der Waals surface area contributed by atoms with Crippen molar-refractivity contribution in [2.75, 3.05) is 17.8 Å². The Morgan fingerprint density at radius 2 is 2.04 bits per heavy atom. The van der Waals surface area contributed by atoms with Gasteiger partial charge in [0.2, 0.25) is 6.79 Å². The molecule has 0 radical (unpaired) electrons. The molecule has 116 valence electrons. The molecule has 0 unspecified atom stereocenters. The molecule has 0 atom stereocenters. The van der Waals surface area contributed by atoms with Crippen LogP contribution in [0, 0.1) is 0 Å². The molecule has 2 aromatic heterocycles. The van der Waals surface area contributed by atoms with Crippen molar-refractivity contribution < 1.29 is 9.47 Å². The van der Waals surface area contributed by atoms with Gasteiger partial charge in [0.15, 0.2) is 11.5 Å². The van der Waals surface area contributed by atoms with Gasteiger partial charge in [-0.1, -0.05) is 6.07 Å². The number of benzene rings is 1. The Balaban J connectivity index is 1.49. The number of nitrogens with one attached hydrogen (secondary N) is 1. The number of hydrogen-bond donors (Lipinski definition) is 2. The maximum atomic E-state index is 6.13. The van der Waals surface area contributed by atoms with E-state index in [1.54, 1.807) is 23.7 Å². The molecule has 23 heavy (non-hydrogen) atoms. The van der Waals surface area contributed by atoms with E-state index in [9.17, 15) is 0 Å². The van der Waals surface area contributed by atoms with Crippen LogP contribution >= 0.6 is 11.3 Å². The van der Waals surface area contributed by atoms with E-state index in [1.165, 1.54) is 0 Å². The van der Waals surface area contributed by atoms with Crippen molar-refractivity contribution >= 4 is 22.8 Å². The Labute approximate surface area is 136 Å². The molecule has 7 heteroatoms. The molecule has 0 fully saturated rings. The minimum atomic E-state index is 0.220. The van der Waals surface area contributed by atoms with Gasteiger partial charge in [-0.2, -0.15) is 0 Å². The molecular weight excluding hydrogens is 312 g/mol. The average molecular weight is 326 g/mol. The Morgan fingerprint density at radius 1 is 1.17 bits per heavy atom. The number of pyridine rings is 1. The van der Waals surface area contributed by atoms with Crippen LogP contribution in [0.2, 0.25) is 0 Å². The van der Waals surface area contributed by atoms with Crippen molar-refractivity contribution in [1.29, 1.82) is 0 Å². The quantitative estimate of drug-likeness (QED) is 0.717. The third-order valence-electron chi connectivity index (χ3n) is 3.56. The zero-order chi connectivity index (χ0) is 15.6. The van der Waals surface area contributed by atoms with E-state index in [0.717, 1.165) is 22.0 Å². The third-order valence-corrected chi connectivity index (χ3v) is 4.45. The molecule has 3 heterocycles. The van der Waals surface area contributed by atoms with Crippen LogP contribution in [-0.2, 0) is 6.54 Å². The number of aromatic nitrogens is 2. The molecule has 3 aromatic rings. The Kier molecular flexibility index (Phi) is 3.47. The number of hydrogen-bond acceptors (Lipinski definition) is 7. The van der Waals surface area contributed by atoms with E-state index in [1.807, 2.05) is 29.6 Å². The zero-order valence-corrected chi connectivity index (χ0v) is 13.0. The second-order valence-corrected chi connectivity index (χ2v) is 5.86. The summed E-state index contributed by atoms with van der Waals surface area (Å²) in [5.74, 6) is 2.14. The van der Waals surface area contributed by atoms with E-state index < -0.39 is 0 Å². The molecule has 0 spiro atoms. The number of fused-ring (bicyclic) bond motifs is 1. The van der Waals surface area contributed by atoms with Crippen molar-refractivity contribution in [3.8, 4) is 22.1 Å². The number of rotatable bonds is 4. The predicted octanol–water partition coefficient (Wildman–Crippen LogP) is 3.13. The zero-order valence-electron chi connectivity index (χ0n) is 12.2. The van der Waals surface area contributed by atoms with Crippen LogP contribution in [0.3, 0.4) is 0 Å². The van der Waals surface area contributed by atoms with Gasteiger partial charge in [-0.25, -0.2) is 4.98 Å². The molecule has 0 aliphatic carbocycles. The van der Waals surface area contributed by atoms with Gasteiger partial charge in [0.1, 0.15) is 10.8 Å². The maximum Gasteiger partial charge on any atom is 0.231 e. The summed E-state index contributed by atoms with van der Waals surface area (Å²) in [6.45, 7) is 0.791. The number of thiazole rings is 1. The van der Waals surface area contributed by atoms with Gasteiger partial charge in [0, 0.05) is 29.9 Å². The average Bonchev–Trinajstić information content (AvgIpc) is 3.25. The first-order valence-corrected chi connectivity index (χ1v) is 7.96. The van der Waals surface area contributed by atoms with Crippen LogP contribution in [0.5, 0.6) is 11.5 Å². The lowest BCUT2D eigenvalue weighted by atomic mass is 10.1. The molecule has 1 aromatic carbocycles. The van der Waals surface area contributed by atoms with Gasteiger partial charge in [-0.15, -0.1) is 11.3 Å². The highest BCUT2D eigenvalue weighted by Crippen LogP contribution is 2.39. The molecule has 1 aliphatic rings. The molecule has 0 saturated carbocycles. The summed E-state index contributed by atoms with van der Waals surface area (Å²) in [5, 5.41) is 6.23. The summed E-state index contributed by atoms with van der Waals surface area (Å²) in [7, 11) is 0. The first-order chi connectivity index (χ1) is 11.3. The van der Waals surface area contributed by atoms with Crippen molar-refractivity contribution in [2.24, 2.45) is 0 Å². The molecule has 3 N–H and O–H groups in total. The molecule has 4 rings (SSSR count). The Morgan fingerprint density at radius 3 is 2.91 bits per heavy atom. The van der Waals surface area contributed by atoms with Crippen LogP contribution in [0.4, 0.5) is 11.5 Å². The monoisotopic (exact) mass is 326 g/mol. The lowest BCUT2D eigenvalue weighted by Gasteiger charge is -2.09. The summed E-state index contributed by atoms with van der Waals surface area (Å²) in [4.78, 5) is 8.60. The summed E-state index contributed by atoms with van der Waals surface area (Å²) in [5.41, 5.74) is 8.74. The largest absolute Gasteiger partial charge is 0.454 e. The molecule has 0 bridgehead atoms. The lowest BCUT2D eigenvalue weighted by Crippen LogP contribution is -2.04. The van der Waals surface area contributed by atoms with E-state index in [4.69, 9.17) is 15.2 Å². The molecule has 0 amide bonds. The van der Waals surface area contributed by atoms with Crippen molar-refractivity contribution in [1.82, 2.24) is 9.97 Å². The summed E-state index contributed by atoms with van der Waals surface area (Å²) in [6.07, 6.45) is 3.52. The van der Waals surface area contributed by atoms with Gasteiger partial charge in [-0.05, 0) is 23.8 Å². The SMILES string of the molecule is Nc1c(CNc2csc(-c3ccncc3)n2)ccc2c1OCO2. The highest BCUT2D eigenvalue weighted by Gasteiger charge is 2.18. The van der Waals surface area contributed by atoms with Crippen LogP contribution in [0.15, 0.2) is 42.0 Å². The van der Waals surface area contributed by atoms with Gasteiger partial charge < -0.3 is 20.5 Å². The van der Waals surface area contributed by atoms with Crippen molar-refractivity contribution in [3.05, 3.63) is 47.6 Å². The maximum absolute atomic E-state index is 6.13. The lowest BCUT2D eigenvalue weighted by molar-refractivity contribution is 0.174. The number of anilines is 2. The second-order valence-electron chi connectivity index (χ2n) is 5.00. The van der Waals surface area contributed by atoms with Crippen molar-refractivity contribution in [3.63, 3.8) is 0 Å². The summed E-state index contributed by atoms with van der Waals surface area (Å²) < 4.78 is 10.7. The number of nitrogens with zero attached hydrogens (tertiary/aromatic N) is 2. The third kappa shape index (κ3) is 2.66. The van der Waals surface area contributed by atoms with Crippen LogP contribution in [0.1, 0.15) is 5.56 Å². The summed E-state index contributed by atoms with van der Waals surface area (Å²) in [6, 6.07) is 7.70. The molecule has 6 nitrogen and oxygen atoms in total. The van der Waals surface area contributed by atoms with Gasteiger partial charge >= 0.3 is 0 Å². The molecular formula is C16H14N4O2S. The fraction of sp³-hybridized carbons (Fsp3) is 0.125. The first-order valence-electron chi connectivity index (χ1n) is 7.08. The fourth-order valence-electron chi connectivity index (χ4n) is 2.36. The highest BCUT2D eigenvalue weighted by atomic mass is 32.1. The van der Waals surface area contributed by atoms with E-state index in [-0.39, 0.29) is 6.79 Å². The normalized spacial score (nSPS) is 12.3. The molecule has 0 saturated heterocycles. The Hall–Kier alpha value is -2.80. The molecule has 1 aliphatic heterocycles. The number of nitrogens with two attached hydrogens (primary N) is 1. The minimum Gasteiger partial charge on any atom is -0.454 e. The highest BCUT2D eigenvalue weighted by molar-refractivity contribution is 7.13. The van der Waals surface area contributed by atoms with Gasteiger partial charge in [0.05, 0.1) is 5.69 Å². The first kappa shape index (κ1) is 13.8. The predicted molar refractivity (Wildman–Crippen MR) is 89.6 cm³/mol. The van der Waals surface area contributed by atoms with E-state index >= 15 is 0 Å². The number of nitrogen functional groups attached to an aromatic ring is 1. The van der Waals surface area contributed by atoms with Crippen LogP contribution < -0.4 is 20.5 Å². The van der Waals surface area contributed by atoms with Gasteiger partial charge in [-0.3, -0.25) is 4.98 Å². The standard InChI is InChI=1S/C16H14N4O2S/c17-14-11(1-2-12-15(14)22-9-21-12)7-19-13-8-23-16(20-13)10-3-5-18-6-4-10/h1-6,8,19H,7,9,17H2. The van der Waals surface area contributed by atoms with Crippen LogP contribution in [-0.4, -0.2) is 16.8 Å². The minimum absolute atomic E-state index is 0.220. The fourth-order valence-corrected chi connectivity index (χ4v) is 3.14. The van der Waals surface area contributed by atoms with Crippen molar-refractivity contribution in [2.45, 2.75) is 6.54 Å². The van der Waals surface area contributed by atoms with E-state index in [2.05, 4.69) is 15.3 Å². The second kappa shape index (κ2) is 5.77. The van der Waals surface area contributed by atoms with Crippen LogP contribution in [0.25, 0.3) is 10.6 Å².